The molecule has 0 saturated carbocycles. The van der Waals surface area contributed by atoms with Gasteiger partial charge in [0.15, 0.2) is 0 Å². The third kappa shape index (κ3) is 13.3. The minimum Gasteiger partial charge on any atom is -0.462 e. The molecule has 1 heterocycles. The van der Waals surface area contributed by atoms with Gasteiger partial charge in [0.2, 0.25) is 5.91 Å². The van der Waals surface area contributed by atoms with E-state index in [4.69, 9.17) is 4.74 Å². The molecule has 0 fully saturated rings. The summed E-state index contributed by atoms with van der Waals surface area (Å²) in [6.45, 7) is 4.46. The topological polar surface area (TPSA) is 55.4 Å². The molecule has 1 aromatic heterocycles. The lowest BCUT2D eigenvalue weighted by atomic mass is 10.0. The third-order valence-corrected chi connectivity index (χ3v) is 8.87. The summed E-state index contributed by atoms with van der Waals surface area (Å²) in [5.74, 6) is -0.266. The van der Waals surface area contributed by atoms with E-state index in [9.17, 15) is 9.59 Å². The van der Waals surface area contributed by atoms with Crippen LogP contribution in [0.5, 0.6) is 0 Å². The first-order chi connectivity index (χ1) is 18.2. The molecular formula is C32H55NO3S. The number of esters is 1. The van der Waals surface area contributed by atoms with Gasteiger partial charge in [-0.15, -0.1) is 11.3 Å². The quantitative estimate of drug-likeness (QED) is 0.112. The maximum absolute atomic E-state index is 12.5. The summed E-state index contributed by atoms with van der Waals surface area (Å²) in [5.41, 5.74) is 1.71. The van der Waals surface area contributed by atoms with E-state index in [0.29, 0.717) is 23.6 Å². The smallest absolute Gasteiger partial charge is 0.341 e. The van der Waals surface area contributed by atoms with Crippen molar-refractivity contribution in [3.63, 3.8) is 0 Å². The number of carbonyl (C=O) groups excluding carboxylic acids is 2. The summed E-state index contributed by atoms with van der Waals surface area (Å²) >= 11 is 1.56. The predicted molar refractivity (Wildman–Crippen MR) is 159 cm³/mol. The molecule has 0 radical (unpaired) electrons. The van der Waals surface area contributed by atoms with Crippen molar-refractivity contribution in [2.75, 3.05) is 11.9 Å². The summed E-state index contributed by atoms with van der Waals surface area (Å²) in [6.07, 6.45) is 29.2. The van der Waals surface area contributed by atoms with Gasteiger partial charge in [-0.05, 0) is 38.2 Å². The van der Waals surface area contributed by atoms with Crippen molar-refractivity contribution in [1.82, 2.24) is 0 Å². The molecule has 212 valence electrons. The second-order valence-corrected chi connectivity index (χ2v) is 12.0. The van der Waals surface area contributed by atoms with Crippen molar-refractivity contribution in [1.29, 1.82) is 0 Å². The van der Waals surface area contributed by atoms with E-state index in [1.54, 1.807) is 11.3 Å². The Morgan fingerprint density at radius 1 is 0.703 bits per heavy atom. The van der Waals surface area contributed by atoms with E-state index in [2.05, 4.69) is 12.2 Å². The number of anilines is 1. The molecule has 1 N–H and O–H groups in total. The van der Waals surface area contributed by atoms with Crippen molar-refractivity contribution in [3.05, 3.63) is 16.0 Å². The molecule has 37 heavy (non-hydrogen) atoms. The second kappa shape index (κ2) is 20.6. The zero-order valence-corrected chi connectivity index (χ0v) is 24.9. The summed E-state index contributed by atoms with van der Waals surface area (Å²) in [5, 5.41) is 3.72. The molecule has 0 spiro atoms. The average Bonchev–Trinajstić information content (AvgIpc) is 3.46. The number of unbranched alkanes of at least 4 members (excludes halogenated alkanes) is 18. The maximum atomic E-state index is 12.5. The third-order valence-electron chi connectivity index (χ3n) is 7.66. The molecule has 0 aromatic carbocycles. The van der Waals surface area contributed by atoms with E-state index in [1.807, 2.05) is 6.92 Å². The highest BCUT2D eigenvalue weighted by Crippen LogP contribution is 2.39. The number of ether oxygens (including phenoxy) is 1. The maximum Gasteiger partial charge on any atom is 0.341 e. The molecule has 0 unspecified atom stereocenters. The Bertz CT molecular complexity index is 757. The minimum atomic E-state index is -0.291. The first kappa shape index (κ1) is 31.9. The molecule has 1 aromatic rings. The Balaban J connectivity index is 1.40. The average molecular weight is 534 g/mol. The van der Waals surface area contributed by atoms with Crippen LogP contribution in [0.25, 0.3) is 0 Å². The van der Waals surface area contributed by atoms with Gasteiger partial charge < -0.3 is 10.1 Å². The number of nitrogens with one attached hydrogen (secondary N) is 1. The lowest BCUT2D eigenvalue weighted by molar-refractivity contribution is -0.116. The molecule has 1 aliphatic rings. The Labute approximate surface area is 231 Å². The van der Waals surface area contributed by atoms with Crippen LogP contribution < -0.4 is 5.32 Å². The van der Waals surface area contributed by atoms with E-state index in [-0.39, 0.29) is 11.9 Å². The van der Waals surface area contributed by atoms with Crippen LogP contribution in [0.4, 0.5) is 5.00 Å². The molecular weight excluding hydrogens is 478 g/mol. The Morgan fingerprint density at radius 2 is 1.19 bits per heavy atom. The molecule has 0 aliphatic heterocycles. The lowest BCUT2D eigenvalue weighted by Gasteiger charge is -2.08. The van der Waals surface area contributed by atoms with Crippen molar-refractivity contribution in [3.8, 4) is 0 Å². The minimum absolute atomic E-state index is 0.0254. The molecule has 0 saturated heterocycles. The van der Waals surface area contributed by atoms with Gasteiger partial charge in [0.1, 0.15) is 5.00 Å². The molecule has 0 atom stereocenters. The molecule has 0 bridgehead atoms. The van der Waals surface area contributed by atoms with Crippen LogP contribution in [0.3, 0.4) is 0 Å². The van der Waals surface area contributed by atoms with Gasteiger partial charge in [-0.3, -0.25) is 4.79 Å². The highest BCUT2D eigenvalue weighted by atomic mass is 32.1. The van der Waals surface area contributed by atoms with Crippen LogP contribution in [0.15, 0.2) is 0 Å². The van der Waals surface area contributed by atoms with Gasteiger partial charge in [-0.25, -0.2) is 4.79 Å². The predicted octanol–water partition coefficient (Wildman–Crippen LogP) is 10.2. The summed E-state index contributed by atoms with van der Waals surface area (Å²) < 4.78 is 5.25. The van der Waals surface area contributed by atoms with Gasteiger partial charge in [0.25, 0.3) is 0 Å². The number of fused-ring (bicyclic) bond motifs is 1. The van der Waals surface area contributed by atoms with Crippen LogP contribution in [0, 0.1) is 0 Å². The summed E-state index contributed by atoms with van der Waals surface area (Å²) in [7, 11) is 0. The number of carbonyl (C=O) groups is 2. The second-order valence-electron chi connectivity index (χ2n) is 10.9. The van der Waals surface area contributed by atoms with Crippen LogP contribution in [-0.4, -0.2) is 18.5 Å². The lowest BCUT2D eigenvalue weighted by Crippen LogP contribution is -2.14. The Kier molecular flexibility index (Phi) is 17.7. The number of rotatable bonds is 23. The van der Waals surface area contributed by atoms with Crippen LogP contribution in [0.2, 0.25) is 0 Å². The fourth-order valence-electron chi connectivity index (χ4n) is 5.46. The van der Waals surface area contributed by atoms with Crippen molar-refractivity contribution >= 4 is 28.2 Å². The van der Waals surface area contributed by atoms with Gasteiger partial charge in [-0.2, -0.15) is 0 Å². The molecule has 1 aliphatic carbocycles. The van der Waals surface area contributed by atoms with Crippen molar-refractivity contribution in [2.45, 2.75) is 162 Å². The van der Waals surface area contributed by atoms with Crippen molar-refractivity contribution in [2.24, 2.45) is 0 Å². The number of thiophene rings is 1. The van der Waals surface area contributed by atoms with Crippen molar-refractivity contribution < 1.29 is 14.3 Å². The highest BCUT2D eigenvalue weighted by Gasteiger charge is 2.28. The number of hydrogen-bond donors (Lipinski definition) is 1. The molecule has 4 nitrogen and oxygen atoms in total. The standard InChI is InChI=1S/C32H55NO3S/c1-3-5-6-7-8-9-10-11-12-13-14-15-16-17-18-19-20-21-22-26-29(34)33-31-30(32(35)36-4-2)27-24-23-25-28(27)37-31/h3-26H2,1-2H3,(H,33,34). The summed E-state index contributed by atoms with van der Waals surface area (Å²) in [4.78, 5) is 26.2. The van der Waals surface area contributed by atoms with Gasteiger partial charge in [0.05, 0.1) is 12.2 Å². The van der Waals surface area contributed by atoms with E-state index in [0.717, 1.165) is 37.7 Å². The van der Waals surface area contributed by atoms with Gasteiger partial charge in [-0.1, -0.05) is 122 Å². The largest absolute Gasteiger partial charge is 0.462 e. The highest BCUT2D eigenvalue weighted by molar-refractivity contribution is 7.17. The van der Waals surface area contributed by atoms with Crippen LogP contribution in [-0.2, 0) is 22.4 Å². The van der Waals surface area contributed by atoms with Gasteiger partial charge >= 0.3 is 5.97 Å². The SMILES string of the molecule is CCCCCCCCCCCCCCCCCCCCCC(=O)Nc1sc2c(c1C(=O)OCC)CCC2. The summed E-state index contributed by atoms with van der Waals surface area (Å²) in [6, 6.07) is 0. The number of aryl methyl sites for hydroxylation is 1. The molecule has 5 heteroatoms. The molecule has 1 amide bonds. The van der Waals surface area contributed by atoms with E-state index >= 15 is 0 Å². The van der Waals surface area contributed by atoms with Crippen LogP contribution in [0.1, 0.15) is 169 Å². The number of hydrogen-bond acceptors (Lipinski definition) is 4. The van der Waals surface area contributed by atoms with Crippen LogP contribution >= 0.6 is 11.3 Å². The first-order valence-electron chi connectivity index (χ1n) is 15.8. The van der Waals surface area contributed by atoms with Gasteiger partial charge in [0, 0.05) is 11.3 Å². The molecule has 2 rings (SSSR count). The number of amides is 1. The monoisotopic (exact) mass is 533 g/mol. The normalized spacial score (nSPS) is 12.6. The fourth-order valence-corrected chi connectivity index (χ4v) is 6.76. The zero-order chi connectivity index (χ0) is 26.6. The van der Waals surface area contributed by atoms with E-state index < -0.39 is 0 Å². The first-order valence-corrected chi connectivity index (χ1v) is 16.6. The Hall–Kier alpha value is -1.36. The van der Waals surface area contributed by atoms with E-state index in [1.165, 1.54) is 114 Å². The fraction of sp³-hybridized carbons (Fsp3) is 0.812. The zero-order valence-electron chi connectivity index (χ0n) is 24.1. The Morgan fingerprint density at radius 3 is 1.68 bits per heavy atom.